The number of fused-ring (bicyclic) bond motifs is 1. The topological polar surface area (TPSA) is 107 Å². The van der Waals surface area contributed by atoms with Crippen LogP contribution in [0.25, 0.3) is 17.0 Å². The summed E-state index contributed by atoms with van der Waals surface area (Å²) < 4.78 is 6.82. The molecule has 32 heavy (non-hydrogen) atoms. The molecule has 0 saturated carbocycles. The Morgan fingerprint density at radius 3 is 2.50 bits per heavy atom. The van der Waals surface area contributed by atoms with E-state index in [1.54, 1.807) is 48.1 Å². The molecule has 162 valence electrons. The zero-order chi connectivity index (χ0) is 23.2. The number of aromatic nitrogens is 1. The number of benzene rings is 2. The molecule has 2 aromatic carbocycles. The smallest absolute Gasteiger partial charge is 0.320 e. The number of anilines is 1. The van der Waals surface area contributed by atoms with E-state index >= 15 is 0 Å². The molecule has 2 heterocycles. The van der Waals surface area contributed by atoms with Crippen LogP contribution in [0.15, 0.2) is 48.2 Å². The van der Waals surface area contributed by atoms with E-state index in [1.807, 2.05) is 0 Å². The number of nitro groups is 1. The number of methoxy groups -OCH3 is 1. The van der Waals surface area contributed by atoms with Crippen LogP contribution in [-0.4, -0.2) is 33.5 Å². The fourth-order valence-corrected chi connectivity index (χ4v) is 3.98. The number of carbonyl (C=O) groups excluding carboxylic acids is 2. The lowest BCUT2D eigenvalue weighted by molar-refractivity contribution is -0.383. The van der Waals surface area contributed by atoms with Crippen LogP contribution >= 0.6 is 23.8 Å². The van der Waals surface area contributed by atoms with Gasteiger partial charge in [0.15, 0.2) is 10.9 Å². The maximum atomic E-state index is 13.2. The molecule has 4 rings (SSSR count). The summed E-state index contributed by atoms with van der Waals surface area (Å²) in [6, 6.07) is 9.53. The SMILES string of the molecule is COc1ccc2c(c(C=C3C(=O)NC(=S)N(c4ccc(Cl)cc4)C3=O)cn2C)c1[N+](=O)[O-]. The number of nitrogens with one attached hydrogen (secondary N) is 1. The number of ether oxygens (including phenoxy) is 1. The minimum atomic E-state index is -0.701. The first-order chi connectivity index (χ1) is 15.2. The molecule has 9 nitrogen and oxygen atoms in total. The largest absolute Gasteiger partial charge is 0.490 e. The molecular weight excluding hydrogens is 456 g/mol. The molecule has 1 aromatic heterocycles. The van der Waals surface area contributed by atoms with Crippen molar-refractivity contribution in [2.24, 2.45) is 7.05 Å². The molecule has 0 bridgehead atoms. The van der Waals surface area contributed by atoms with Crippen molar-refractivity contribution in [1.82, 2.24) is 9.88 Å². The van der Waals surface area contributed by atoms with Crippen molar-refractivity contribution >= 4 is 69.1 Å². The number of rotatable bonds is 4. The van der Waals surface area contributed by atoms with Crippen LogP contribution < -0.4 is 15.0 Å². The van der Waals surface area contributed by atoms with Gasteiger partial charge >= 0.3 is 5.69 Å². The number of nitrogens with zero attached hydrogens (tertiary/aromatic N) is 3. The Morgan fingerprint density at radius 1 is 1.19 bits per heavy atom. The van der Waals surface area contributed by atoms with E-state index < -0.39 is 16.7 Å². The molecule has 0 spiro atoms. The first-order valence-electron chi connectivity index (χ1n) is 9.20. The zero-order valence-electron chi connectivity index (χ0n) is 16.8. The predicted molar refractivity (Wildman–Crippen MR) is 124 cm³/mol. The summed E-state index contributed by atoms with van der Waals surface area (Å²) in [5.74, 6) is -1.30. The number of aryl methyl sites for hydroxylation is 1. The van der Waals surface area contributed by atoms with Crippen molar-refractivity contribution in [2.75, 3.05) is 12.0 Å². The van der Waals surface area contributed by atoms with Crippen molar-refractivity contribution in [3.05, 3.63) is 68.9 Å². The fourth-order valence-electron chi connectivity index (χ4n) is 3.58. The molecule has 1 fully saturated rings. The van der Waals surface area contributed by atoms with Crippen LogP contribution in [0.4, 0.5) is 11.4 Å². The van der Waals surface area contributed by atoms with E-state index in [9.17, 15) is 19.7 Å². The van der Waals surface area contributed by atoms with Gasteiger partial charge in [0.25, 0.3) is 11.8 Å². The van der Waals surface area contributed by atoms with Gasteiger partial charge in [0, 0.05) is 23.8 Å². The summed E-state index contributed by atoms with van der Waals surface area (Å²) in [7, 11) is 3.04. The van der Waals surface area contributed by atoms with Crippen molar-refractivity contribution < 1.29 is 19.2 Å². The van der Waals surface area contributed by atoms with Gasteiger partial charge in [-0.25, -0.2) is 0 Å². The lowest BCUT2D eigenvalue weighted by Gasteiger charge is -2.28. The van der Waals surface area contributed by atoms with E-state index in [2.05, 4.69) is 5.32 Å². The van der Waals surface area contributed by atoms with Gasteiger partial charge in [-0.15, -0.1) is 0 Å². The van der Waals surface area contributed by atoms with Crippen molar-refractivity contribution in [2.45, 2.75) is 0 Å². The second-order valence-corrected chi connectivity index (χ2v) is 7.72. The Balaban J connectivity index is 1.90. The highest BCUT2D eigenvalue weighted by molar-refractivity contribution is 7.80. The van der Waals surface area contributed by atoms with Gasteiger partial charge in [0.05, 0.1) is 28.6 Å². The quantitative estimate of drug-likeness (QED) is 0.205. The van der Waals surface area contributed by atoms with Gasteiger partial charge in [0.2, 0.25) is 0 Å². The van der Waals surface area contributed by atoms with Crippen LogP contribution in [-0.2, 0) is 16.6 Å². The summed E-state index contributed by atoms with van der Waals surface area (Å²) in [6.45, 7) is 0. The maximum absolute atomic E-state index is 13.2. The molecule has 0 atom stereocenters. The molecule has 1 saturated heterocycles. The second-order valence-electron chi connectivity index (χ2n) is 6.90. The van der Waals surface area contributed by atoms with E-state index in [4.69, 9.17) is 28.6 Å². The molecule has 0 unspecified atom stereocenters. The third kappa shape index (κ3) is 3.49. The van der Waals surface area contributed by atoms with Gasteiger partial charge < -0.3 is 9.30 Å². The second kappa shape index (κ2) is 8.06. The normalized spacial score (nSPS) is 15.4. The summed E-state index contributed by atoms with van der Waals surface area (Å²) in [6.07, 6.45) is 2.92. The Morgan fingerprint density at radius 2 is 1.88 bits per heavy atom. The Bertz CT molecular complexity index is 1350. The molecule has 1 aliphatic rings. The molecule has 1 aliphatic heterocycles. The number of halogens is 1. The highest BCUT2D eigenvalue weighted by Gasteiger charge is 2.35. The van der Waals surface area contributed by atoms with E-state index in [1.165, 1.54) is 24.2 Å². The van der Waals surface area contributed by atoms with Gasteiger partial charge in [-0.05, 0) is 54.7 Å². The van der Waals surface area contributed by atoms with Crippen LogP contribution in [0.2, 0.25) is 5.02 Å². The monoisotopic (exact) mass is 470 g/mol. The van der Waals surface area contributed by atoms with Crippen LogP contribution in [0.5, 0.6) is 5.75 Å². The minimum absolute atomic E-state index is 0.0664. The van der Waals surface area contributed by atoms with E-state index in [0.717, 1.165) is 0 Å². The number of thiocarbonyl (C=S) groups is 1. The zero-order valence-corrected chi connectivity index (χ0v) is 18.4. The van der Waals surface area contributed by atoms with Crippen molar-refractivity contribution in [3.63, 3.8) is 0 Å². The summed E-state index contributed by atoms with van der Waals surface area (Å²) >= 11 is 11.1. The van der Waals surface area contributed by atoms with Gasteiger partial charge in [-0.2, -0.15) is 0 Å². The van der Waals surface area contributed by atoms with Crippen molar-refractivity contribution in [3.8, 4) is 5.75 Å². The first kappa shape index (κ1) is 21.5. The van der Waals surface area contributed by atoms with Gasteiger partial charge in [-0.1, -0.05) is 11.6 Å². The standard InChI is InChI=1S/C21H15ClN4O5S/c1-24-10-11(17-15(24)7-8-16(31-2)18(17)26(29)30)9-14-19(27)23-21(32)25(20(14)28)13-5-3-12(22)4-6-13/h3-10H,1-2H3,(H,23,27,32). The average molecular weight is 471 g/mol. The maximum Gasteiger partial charge on any atom is 0.320 e. The van der Waals surface area contributed by atoms with E-state index in [-0.39, 0.29) is 27.5 Å². The van der Waals surface area contributed by atoms with Crippen LogP contribution in [0, 0.1) is 10.1 Å². The lowest BCUT2D eigenvalue weighted by Crippen LogP contribution is -2.54. The van der Waals surface area contributed by atoms with Crippen molar-refractivity contribution in [1.29, 1.82) is 0 Å². The highest BCUT2D eigenvalue weighted by atomic mass is 35.5. The number of hydrogen-bond donors (Lipinski definition) is 1. The molecule has 11 heteroatoms. The molecule has 0 aliphatic carbocycles. The third-order valence-corrected chi connectivity index (χ3v) is 5.55. The molecular formula is C21H15ClN4O5S. The number of nitro benzene ring substituents is 1. The minimum Gasteiger partial charge on any atom is -0.490 e. The Labute approximate surface area is 192 Å². The summed E-state index contributed by atoms with van der Waals surface area (Å²) in [5.41, 5.74) is 0.791. The molecule has 3 aromatic rings. The summed E-state index contributed by atoms with van der Waals surface area (Å²) in [4.78, 5) is 38.3. The fraction of sp³-hybridized carbons (Fsp3) is 0.0952. The highest BCUT2D eigenvalue weighted by Crippen LogP contribution is 2.39. The average Bonchev–Trinajstić information content (AvgIpc) is 3.06. The third-order valence-electron chi connectivity index (χ3n) is 5.01. The Kier molecular flexibility index (Phi) is 5.41. The van der Waals surface area contributed by atoms with Gasteiger partial charge in [0.1, 0.15) is 5.57 Å². The number of hydrogen-bond acceptors (Lipinski definition) is 6. The van der Waals surface area contributed by atoms with Crippen LogP contribution in [0.3, 0.4) is 0 Å². The number of carbonyl (C=O) groups is 2. The Hall–Kier alpha value is -3.76. The van der Waals surface area contributed by atoms with E-state index in [0.29, 0.717) is 21.8 Å². The number of amides is 2. The molecule has 0 radical (unpaired) electrons. The predicted octanol–water partition coefficient (Wildman–Crippen LogP) is 3.58. The lowest BCUT2D eigenvalue weighted by atomic mass is 10.0. The summed E-state index contributed by atoms with van der Waals surface area (Å²) in [5, 5.41) is 14.9. The van der Waals surface area contributed by atoms with Crippen LogP contribution in [0.1, 0.15) is 5.56 Å². The van der Waals surface area contributed by atoms with Gasteiger partial charge in [-0.3, -0.25) is 29.9 Å². The molecule has 2 amide bonds. The molecule has 1 N–H and O–H groups in total. The first-order valence-corrected chi connectivity index (χ1v) is 9.99.